The summed E-state index contributed by atoms with van der Waals surface area (Å²) in [6.07, 6.45) is 8.50. The maximum absolute atomic E-state index is 6.32. The average molecular weight is 259 g/mol. The summed E-state index contributed by atoms with van der Waals surface area (Å²) in [5.74, 6) is 0.677. The average Bonchev–Trinajstić information content (AvgIpc) is 2.43. The van der Waals surface area contributed by atoms with Gasteiger partial charge >= 0.3 is 0 Å². The maximum atomic E-state index is 6.32. The number of likely N-dealkylation sites (N-methyl/N-ethyl adjacent to an activating group) is 1. The molecule has 0 saturated heterocycles. The van der Waals surface area contributed by atoms with E-state index in [1.807, 2.05) is 0 Å². The zero-order valence-electron chi connectivity index (χ0n) is 11.8. The molecule has 104 valence electrons. The van der Waals surface area contributed by atoms with E-state index >= 15 is 0 Å². The second kappa shape index (κ2) is 6.06. The van der Waals surface area contributed by atoms with Gasteiger partial charge in [-0.25, -0.2) is 0 Å². The predicted molar refractivity (Wildman–Crippen MR) is 78.4 cm³/mol. The molecule has 0 bridgehead atoms. The van der Waals surface area contributed by atoms with Gasteiger partial charge in [-0.05, 0) is 57.1 Å². The van der Waals surface area contributed by atoms with Gasteiger partial charge in [0.2, 0.25) is 0 Å². The molecule has 3 atom stereocenters. The molecular weight excluding hydrogens is 234 g/mol. The summed E-state index contributed by atoms with van der Waals surface area (Å²) in [4.78, 5) is 0. The van der Waals surface area contributed by atoms with E-state index in [1.165, 1.54) is 44.1 Å². The Hall–Kier alpha value is -0.860. The number of nitrogens with one attached hydrogen (secondary N) is 1. The Balaban J connectivity index is 1.65. The van der Waals surface area contributed by atoms with Gasteiger partial charge in [0.25, 0.3) is 0 Å². The van der Waals surface area contributed by atoms with Crippen LogP contribution < -0.4 is 5.32 Å². The van der Waals surface area contributed by atoms with Crippen LogP contribution in [0.15, 0.2) is 30.3 Å². The molecule has 0 heterocycles. The zero-order chi connectivity index (χ0) is 13.1. The molecule has 2 fully saturated rings. The molecule has 1 N–H and O–H groups in total. The Kier molecular flexibility index (Phi) is 4.19. The van der Waals surface area contributed by atoms with Crippen molar-refractivity contribution in [2.45, 2.75) is 62.7 Å². The molecule has 2 nitrogen and oxygen atoms in total. The number of rotatable bonds is 4. The molecule has 2 saturated carbocycles. The monoisotopic (exact) mass is 259 g/mol. The lowest BCUT2D eigenvalue weighted by Gasteiger charge is -2.40. The van der Waals surface area contributed by atoms with Gasteiger partial charge in [0, 0.05) is 6.04 Å². The minimum Gasteiger partial charge on any atom is -0.373 e. The van der Waals surface area contributed by atoms with Crippen molar-refractivity contribution >= 4 is 0 Å². The van der Waals surface area contributed by atoms with Crippen molar-refractivity contribution in [1.29, 1.82) is 0 Å². The van der Waals surface area contributed by atoms with Crippen LogP contribution in [0.25, 0.3) is 0 Å². The van der Waals surface area contributed by atoms with E-state index < -0.39 is 0 Å². The van der Waals surface area contributed by atoms with Crippen LogP contribution in [-0.2, 0) is 4.74 Å². The molecule has 2 aliphatic carbocycles. The second-order valence-electron chi connectivity index (χ2n) is 6.04. The molecule has 3 rings (SSSR count). The largest absolute Gasteiger partial charge is 0.373 e. The van der Waals surface area contributed by atoms with E-state index in [0.29, 0.717) is 24.2 Å². The summed E-state index contributed by atoms with van der Waals surface area (Å²) in [5.41, 5.74) is 1.49. The Morgan fingerprint density at radius 3 is 2.47 bits per heavy atom. The van der Waals surface area contributed by atoms with Gasteiger partial charge in [-0.15, -0.1) is 0 Å². The Bertz CT molecular complexity index is 388. The molecule has 2 heteroatoms. The third-order valence-corrected chi connectivity index (χ3v) is 4.85. The molecule has 0 radical (unpaired) electrons. The van der Waals surface area contributed by atoms with Gasteiger partial charge in [-0.2, -0.15) is 0 Å². The number of hydrogen-bond donors (Lipinski definition) is 1. The van der Waals surface area contributed by atoms with E-state index in [9.17, 15) is 0 Å². The third-order valence-electron chi connectivity index (χ3n) is 4.85. The molecule has 3 unspecified atom stereocenters. The second-order valence-corrected chi connectivity index (χ2v) is 6.04. The first-order valence-corrected chi connectivity index (χ1v) is 7.74. The van der Waals surface area contributed by atoms with Gasteiger partial charge in [-0.1, -0.05) is 30.3 Å². The molecule has 0 amide bonds. The van der Waals surface area contributed by atoms with Crippen LogP contribution in [0, 0.1) is 0 Å². The lowest BCUT2D eigenvalue weighted by atomic mass is 9.79. The smallest absolute Gasteiger partial charge is 0.0737 e. The summed E-state index contributed by atoms with van der Waals surface area (Å²) in [7, 11) is 2.07. The van der Waals surface area contributed by atoms with Crippen molar-refractivity contribution in [2.75, 3.05) is 7.05 Å². The Morgan fingerprint density at radius 2 is 1.84 bits per heavy atom. The summed E-state index contributed by atoms with van der Waals surface area (Å²) in [5, 5.41) is 3.45. The Labute approximate surface area is 116 Å². The van der Waals surface area contributed by atoms with Gasteiger partial charge in [0.15, 0.2) is 0 Å². The van der Waals surface area contributed by atoms with E-state index in [-0.39, 0.29) is 0 Å². The fourth-order valence-electron chi connectivity index (χ4n) is 3.39. The first kappa shape index (κ1) is 13.1. The highest BCUT2D eigenvalue weighted by Gasteiger charge is 2.33. The van der Waals surface area contributed by atoms with Crippen LogP contribution in [-0.4, -0.2) is 25.3 Å². The summed E-state index contributed by atoms with van der Waals surface area (Å²) < 4.78 is 6.32. The third kappa shape index (κ3) is 3.01. The van der Waals surface area contributed by atoms with Crippen LogP contribution in [0.3, 0.4) is 0 Å². The van der Waals surface area contributed by atoms with Crippen LogP contribution in [0.4, 0.5) is 0 Å². The fourth-order valence-corrected chi connectivity index (χ4v) is 3.39. The minimum atomic E-state index is 0.397. The first-order chi connectivity index (χ1) is 9.36. The van der Waals surface area contributed by atoms with Gasteiger partial charge in [-0.3, -0.25) is 0 Å². The van der Waals surface area contributed by atoms with Crippen molar-refractivity contribution in [1.82, 2.24) is 5.32 Å². The van der Waals surface area contributed by atoms with E-state index in [0.717, 1.165) is 0 Å². The summed E-state index contributed by atoms with van der Waals surface area (Å²) in [6.45, 7) is 0. The lowest BCUT2D eigenvalue weighted by molar-refractivity contribution is -0.0801. The topological polar surface area (TPSA) is 21.3 Å². The molecule has 19 heavy (non-hydrogen) atoms. The number of ether oxygens (including phenoxy) is 1. The van der Waals surface area contributed by atoms with Crippen molar-refractivity contribution in [3.05, 3.63) is 35.9 Å². The maximum Gasteiger partial charge on any atom is 0.0737 e. The van der Waals surface area contributed by atoms with Gasteiger partial charge in [0.05, 0.1) is 12.2 Å². The molecular formula is C17H25NO. The highest BCUT2D eigenvalue weighted by atomic mass is 16.5. The van der Waals surface area contributed by atoms with Crippen molar-refractivity contribution in [2.24, 2.45) is 0 Å². The highest BCUT2D eigenvalue weighted by molar-refractivity contribution is 5.20. The van der Waals surface area contributed by atoms with E-state index in [2.05, 4.69) is 42.7 Å². The summed E-state index contributed by atoms with van der Waals surface area (Å²) >= 11 is 0. The van der Waals surface area contributed by atoms with E-state index in [1.54, 1.807) is 0 Å². The molecule has 0 aliphatic heterocycles. The van der Waals surface area contributed by atoms with Crippen LogP contribution in [0.5, 0.6) is 0 Å². The normalized spacial score (nSPS) is 31.9. The number of benzene rings is 1. The van der Waals surface area contributed by atoms with Crippen LogP contribution in [0.1, 0.15) is 50.0 Å². The Morgan fingerprint density at radius 1 is 1.05 bits per heavy atom. The lowest BCUT2D eigenvalue weighted by Crippen LogP contribution is -2.46. The standard InChI is InChI=1S/C17H25NO/c1-18-16-11-10-14(13-6-3-2-4-7-13)12-17(16)19-15-8-5-9-15/h2-4,6-7,14-18H,5,8-12H2,1H3. The zero-order valence-corrected chi connectivity index (χ0v) is 11.8. The van der Waals surface area contributed by atoms with Crippen molar-refractivity contribution < 1.29 is 4.74 Å². The predicted octanol–water partition coefficient (Wildman–Crippen LogP) is 3.48. The molecule has 0 aromatic heterocycles. The molecule has 0 spiro atoms. The first-order valence-electron chi connectivity index (χ1n) is 7.74. The quantitative estimate of drug-likeness (QED) is 0.894. The van der Waals surface area contributed by atoms with Crippen LogP contribution in [0.2, 0.25) is 0 Å². The SMILES string of the molecule is CNC1CCC(c2ccccc2)CC1OC1CCC1. The molecule has 1 aromatic carbocycles. The van der Waals surface area contributed by atoms with Crippen LogP contribution >= 0.6 is 0 Å². The fraction of sp³-hybridized carbons (Fsp3) is 0.647. The highest BCUT2D eigenvalue weighted by Crippen LogP contribution is 2.36. The molecule has 2 aliphatic rings. The van der Waals surface area contributed by atoms with E-state index in [4.69, 9.17) is 4.74 Å². The number of hydrogen-bond acceptors (Lipinski definition) is 2. The van der Waals surface area contributed by atoms with Gasteiger partial charge < -0.3 is 10.1 Å². The minimum absolute atomic E-state index is 0.397. The molecule has 1 aromatic rings. The van der Waals surface area contributed by atoms with Gasteiger partial charge in [0.1, 0.15) is 0 Å². The van der Waals surface area contributed by atoms with Crippen molar-refractivity contribution in [3.8, 4) is 0 Å². The summed E-state index contributed by atoms with van der Waals surface area (Å²) in [6, 6.07) is 11.5. The van der Waals surface area contributed by atoms with Crippen molar-refractivity contribution in [3.63, 3.8) is 0 Å².